The second-order valence-electron chi connectivity index (χ2n) is 6.06. The van der Waals surface area contributed by atoms with E-state index in [1.165, 1.54) is 23.3 Å². The van der Waals surface area contributed by atoms with Crippen LogP contribution in [0.15, 0.2) is 33.3 Å². The number of ketones is 1. The molecule has 1 aliphatic carbocycles. The summed E-state index contributed by atoms with van der Waals surface area (Å²) in [6, 6.07) is 0. The van der Waals surface area contributed by atoms with Crippen LogP contribution in [0.5, 0.6) is 0 Å². The molecule has 0 saturated carbocycles. The summed E-state index contributed by atoms with van der Waals surface area (Å²) in [5.74, 6) is -0.322. The van der Waals surface area contributed by atoms with E-state index in [-0.39, 0.29) is 22.0 Å². The monoisotopic (exact) mass is 376 g/mol. The van der Waals surface area contributed by atoms with Gasteiger partial charge in [0.25, 0.3) is 5.56 Å². The van der Waals surface area contributed by atoms with Crippen molar-refractivity contribution in [1.29, 1.82) is 0 Å². The summed E-state index contributed by atoms with van der Waals surface area (Å²) in [6.07, 6.45) is 5.79. The van der Waals surface area contributed by atoms with Gasteiger partial charge in [0.15, 0.2) is 10.9 Å². The number of thiophene rings is 1. The fourth-order valence-electron chi connectivity index (χ4n) is 3.08. The lowest BCUT2D eigenvalue weighted by atomic mass is 9.97. The van der Waals surface area contributed by atoms with Crippen LogP contribution >= 0.6 is 23.1 Å². The highest BCUT2D eigenvalue weighted by Crippen LogP contribution is 2.36. The minimum absolute atomic E-state index is 0.0672. The number of aromatic nitrogens is 2. The van der Waals surface area contributed by atoms with E-state index < -0.39 is 0 Å². The molecule has 2 aromatic heterocycles. The summed E-state index contributed by atoms with van der Waals surface area (Å²) in [5, 5.41) is 10.9. The maximum absolute atomic E-state index is 13.1. The molecular formula is C18H20N2O3S2. The van der Waals surface area contributed by atoms with Gasteiger partial charge in [0.1, 0.15) is 10.6 Å². The molecule has 0 fully saturated rings. The molecule has 0 saturated heterocycles. The number of thioether (sulfide) groups is 1. The van der Waals surface area contributed by atoms with Crippen molar-refractivity contribution in [2.45, 2.75) is 51.2 Å². The van der Waals surface area contributed by atoms with E-state index in [9.17, 15) is 14.7 Å². The Morgan fingerprint density at radius 1 is 1.40 bits per heavy atom. The molecule has 0 bridgehead atoms. The maximum atomic E-state index is 13.1. The Balaban J connectivity index is 2.23. The van der Waals surface area contributed by atoms with E-state index in [0.717, 1.165) is 47.8 Å². The molecule has 3 rings (SSSR count). The Morgan fingerprint density at radius 2 is 2.12 bits per heavy atom. The third-order valence-electron chi connectivity index (χ3n) is 4.19. The fraction of sp³-hybridized carbons (Fsp3) is 0.389. The largest absolute Gasteiger partial charge is 0.511 e. The third-order valence-corrected chi connectivity index (χ3v) is 6.66. The summed E-state index contributed by atoms with van der Waals surface area (Å²) in [7, 11) is 0. The van der Waals surface area contributed by atoms with E-state index in [4.69, 9.17) is 0 Å². The van der Waals surface area contributed by atoms with Crippen molar-refractivity contribution in [3.8, 4) is 0 Å². The number of fused-ring (bicyclic) bond motifs is 3. The summed E-state index contributed by atoms with van der Waals surface area (Å²) >= 11 is 2.61. The number of rotatable bonds is 5. The van der Waals surface area contributed by atoms with Gasteiger partial charge >= 0.3 is 0 Å². The Labute approximate surface area is 154 Å². The van der Waals surface area contributed by atoms with Gasteiger partial charge in [0.05, 0.1) is 10.3 Å². The van der Waals surface area contributed by atoms with Crippen molar-refractivity contribution in [2.24, 2.45) is 0 Å². The molecule has 25 heavy (non-hydrogen) atoms. The molecule has 5 nitrogen and oxygen atoms in total. The van der Waals surface area contributed by atoms with Crippen molar-refractivity contribution >= 4 is 39.1 Å². The molecule has 0 spiro atoms. The van der Waals surface area contributed by atoms with Gasteiger partial charge in [-0.2, -0.15) is 0 Å². The number of aryl methyl sites for hydroxylation is 2. The Hall–Kier alpha value is -1.86. The van der Waals surface area contributed by atoms with Gasteiger partial charge in [-0.3, -0.25) is 14.2 Å². The summed E-state index contributed by atoms with van der Waals surface area (Å²) in [6.45, 7) is 6.88. The molecule has 1 aliphatic rings. The minimum Gasteiger partial charge on any atom is -0.511 e. The quantitative estimate of drug-likeness (QED) is 0.281. The van der Waals surface area contributed by atoms with Crippen molar-refractivity contribution < 1.29 is 9.90 Å². The highest BCUT2D eigenvalue weighted by atomic mass is 32.2. The first-order chi connectivity index (χ1) is 11.9. The van der Waals surface area contributed by atoms with Crippen molar-refractivity contribution in [3.05, 3.63) is 44.1 Å². The molecule has 0 radical (unpaired) electrons. The Bertz CT molecular complexity index is 949. The number of aliphatic hydroxyl groups excluding tert-OH is 1. The smallest absolute Gasteiger partial charge is 0.263 e. The molecule has 0 aromatic carbocycles. The molecule has 7 heteroatoms. The van der Waals surface area contributed by atoms with Crippen LogP contribution in [0.1, 0.15) is 37.1 Å². The number of Topliss-reactive ketones (excluding diaryl/α,β-unsaturated/α-hetero) is 1. The van der Waals surface area contributed by atoms with E-state index in [0.29, 0.717) is 17.1 Å². The fourth-order valence-corrected chi connectivity index (χ4v) is 5.27. The first-order valence-corrected chi connectivity index (χ1v) is 9.82. The summed E-state index contributed by atoms with van der Waals surface area (Å²) in [4.78, 5) is 31.7. The number of allylic oxidation sites excluding steroid dienone is 3. The number of hydrogen-bond donors (Lipinski definition) is 1. The first kappa shape index (κ1) is 17.9. The van der Waals surface area contributed by atoms with E-state index in [1.54, 1.807) is 17.4 Å². The molecule has 2 aromatic rings. The maximum Gasteiger partial charge on any atom is 0.263 e. The van der Waals surface area contributed by atoms with Crippen LogP contribution in [-0.2, 0) is 24.2 Å². The zero-order chi connectivity index (χ0) is 18.1. The Morgan fingerprint density at radius 3 is 2.76 bits per heavy atom. The molecule has 132 valence electrons. The molecule has 0 aliphatic heterocycles. The SMILES string of the molecule is C=CCn1c(S/C(C(C)=O)=C(\C)O)nc2sc3c(c2c1=O)CCCC3. The van der Waals surface area contributed by atoms with Gasteiger partial charge in [-0.15, -0.1) is 17.9 Å². The standard InChI is InChI=1S/C18H20N2O3S2/c1-4-9-20-17(23)14-12-7-5-6-8-13(12)24-16(14)19-18(20)25-15(10(2)21)11(3)22/h4,21H,1,5-9H2,2-3H3/b15-10+. The highest BCUT2D eigenvalue weighted by Gasteiger charge is 2.23. The van der Waals surface area contributed by atoms with Crippen LogP contribution < -0.4 is 5.56 Å². The zero-order valence-corrected chi connectivity index (χ0v) is 15.9. The van der Waals surface area contributed by atoms with Crippen LogP contribution in [-0.4, -0.2) is 20.4 Å². The first-order valence-electron chi connectivity index (χ1n) is 8.18. The number of carbonyl (C=O) groups excluding carboxylic acids is 1. The van der Waals surface area contributed by atoms with Crippen LogP contribution in [0, 0.1) is 0 Å². The predicted molar refractivity (Wildman–Crippen MR) is 103 cm³/mol. The molecule has 0 amide bonds. The molecule has 1 N–H and O–H groups in total. The van der Waals surface area contributed by atoms with Crippen LogP contribution in [0.25, 0.3) is 10.2 Å². The minimum atomic E-state index is -0.255. The van der Waals surface area contributed by atoms with E-state index in [1.807, 2.05) is 0 Å². The normalized spacial score (nSPS) is 15.0. The summed E-state index contributed by atoms with van der Waals surface area (Å²) < 4.78 is 1.54. The second-order valence-corrected chi connectivity index (χ2v) is 8.12. The van der Waals surface area contributed by atoms with Gasteiger partial charge in [-0.05, 0) is 56.9 Å². The Kier molecular flexibility index (Phi) is 5.15. The van der Waals surface area contributed by atoms with Crippen LogP contribution in [0.3, 0.4) is 0 Å². The molecule has 0 unspecified atom stereocenters. The lowest BCUT2D eigenvalue weighted by Gasteiger charge is -2.13. The molecule has 2 heterocycles. The van der Waals surface area contributed by atoms with Gasteiger partial charge in [-0.25, -0.2) is 4.98 Å². The lowest BCUT2D eigenvalue weighted by Crippen LogP contribution is -2.23. The second kappa shape index (κ2) is 7.17. The van der Waals surface area contributed by atoms with Gasteiger partial charge in [0.2, 0.25) is 0 Å². The van der Waals surface area contributed by atoms with E-state index >= 15 is 0 Å². The topological polar surface area (TPSA) is 72.2 Å². The third kappa shape index (κ3) is 3.30. The number of hydrogen-bond acceptors (Lipinski definition) is 6. The molecular weight excluding hydrogens is 356 g/mol. The number of aliphatic hydroxyl groups is 1. The van der Waals surface area contributed by atoms with Crippen molar-refractivity contribution in [1.82, 2.24) is 9.55 Å². The lowest BCUT2D eigenvalue weighted by molar-refractivity contribution is -0.113. The summed E-state index contributed by atoms with van der Waals surface area (Å²) in [5.41, 5.74) is 1.05. The highest BCUT2D eigenvalue weighted by molar-refractivity contribution is 8.03. The molecule has 0 atom stereocenters. The van der Waals surface area contributed by atoms with Gasteiger partial charge in [0, 0.05) is 11.4 Å². The van der Waals surface area contributed by atoms with Crippen molar-refractivity contribution in [3.63, 3.8) is 0 Å². The number of carbonyl (C=O) groups is 1. The average Bonchev–Trinajstić information content (AvgIpc) is 2.93. The van der Waals surface area contributed by atoms with Crippen LogP contribution in [0.4, 0.5) is 0 Å². The number of nitrogens with zero attached hydrogens (tertiary/aromatic N) is 2. The van der Waals surface area contributed by atoms with E-state index in [2.05, 4.69) is 11.6 Å². The van der Waals surface area contributed by atoms with Gasteiger partial charge in [-0.1, -0.05) is 6.08 Å². The van der Waals surface area contributed by atoms with Crippen LogP contribution in [0.2, 0.25) is 0 Å². The predicted octanol–water partition coefficient (Wildman–Crippen LogP) is 3.99. The van der Waals surface area contributed by atoms with Gasteiger partial charge < -0.3 is 5.11 Å². The van der Waals surface area contributed by atoms with Crippen molar-refractivity contribution in [2.75, 3.05) is 0 Å². The zero-order valence-electron chi connectivity index (χ0n) is 14.3. The average molecular weight is 377 g/mol.